The second-order valence-corrected chi connectivity index (χ2v) is 13.4. The number of likely N-dealkylation sites (tertiary alicyclic amines) is 1. The number of aliphatic hydroxyl groups excluding tert-OH is 1. The van der Waals surface area contributed by atoms with Crippen LogP contribution < -0.4 is 0 Å². The number of aliphatic carboxylic acids is 1. The number of nitrogens with zero attached hydrogens (tertiary/aromatic N) is 2. The number of carboxylic acids is 1. The number of benzene rings is 2. The van der Waals surface area contributed by atoms with Gasteiger partial charge in [0.25, 0.3) is 5.91 Å². The van der Waals surface area contributed by atoms with Crippen molar-refractivity contribution in [1.82, 2.24) is 4.90 Å². The summed E-state index contributed by atoms with van der Waals surface area (Å²) in [6, 6.07) is 9.90. The summed E-state index contributed by atoms with van der Waals surface area (Å²) in [6.45, 7) is 0.108. The maximum absolute atomic E-state index is 15.2. The van der Waals surface area contributed by atoms with Gasteiger partial charge in [0.15, 0.2) is 16.7 Å². The Labute approximate surface area is 235 Å². The number of rotatable bonds is 4. The molecule has 2 aromatic rings. The molecule has 2 aromatic carbocycles. The highest BCUT2D eigenvalue weighted by atomic mass is 32.2. The second-order valence-electron chi connectivity index (χ2n) is 12.4. The van der Waals surface area contributed by atoms with Gasteiger partial charge in [-0.2, -0.15) is 4.99 Å². The number of carboxylic acid groups (broad SMARTS) is 1. The van der Waals surface area contributed by atoms with Crippen molar-refractivity contribution in [1.29, 1.82) is 0 Å². The number of carbonyl (C=O) groups excluding carboxylic acids is 1. The van der Waals surface area contributed by atoms with Crippen LogP contribution in [0.4, 0.5) is 4.39 Å². The number of amidine groups is 1. The number of thioether (sulfide) groups is 1. The maximum atomic E-state index is 15.2. The van der Waals surface area contributed by atoms with Gasteiger partial charge >= 0.3 is 5.97 Å². The molecule has 2 heterocycles. The molecule has 4 saturated carbocycles. The van der Waals surface area contributed by atoms with E-state index in [1.54, 1.807) is 6.08 Å². The largest absolute Gasteiger partial charge is 0.505 e. The fourth-order valence-electron chi connectivity index (χ4n) is 8.35. The van der Waals surface area contributed by atoms with Gasteiger partial charge in [-0.3, -0.25) is 4.79 Å². The molecule has 1 saturated heterocycles. The van der Waals surface area contributed by atoms with Gasteiger partial charge in [0.2, 0.25) is 0 Å². The quantitative estimate of drug-likeness (QED) is 0.442. The molecule has 2 aliphatic heterocycles. The van der Waals surface area contributed by atoms with Crippen LogP contribution in [0.25, 0.3) is 17.2 Å². The van der Waals surface area contributed by atoms with Crippen LogP contribution in [0.3, 0.4) is 0 Å². The van der Waals surface area contributed by atoms with Crippen LogP contribution in [-0.2, 0) is 15.0 Å². The normalized spacial score (nSPS) is 33.7. The van der Waals surface area contributed by atoms with Crippen molar-refractivity contribution in [2.24, 2.45) is 22.7 Å². The van der Waals surface area contributed by atoms with Crippen LogP contribution in [0, 0.1) is 23.6 Å². The van der Waals surface area contributed by atoms with Gasteiger partial charge in [-0.15, -0.1) is 0 Å². The minimum atomic E-state index is -1.06. The summed E-state index contributed by atoms with van der Waals surface area (Å²) in [6.07, 6.45) is 7.81. The highest BCUT2D eigenvalue weighted by molar-refractivity contribution is 8.18. The summed E-state index contributed by atoms with van der Waals surface area (Å²) in [4.78, 5) is 30.2. The number of aromatic hydroxyl groups is 1. The molecule has 40 heavy (non-hydrogen) atoms. The summed E-state index contributed by atoms with van der Waals surface area (Å²) >= 11 is 1.09. The van der Waals surface area contributed by atoms with E-state index in [2.05, 4.69) is 4.99 Å². The molecule has 0 aromatic heterocycles. The zero-order valence-corrected chi connectivity index (χ0v) is 22.7. The van der Waals surface area contributed by atoms with E-state index in [1.165, 1.54) is 30.2 Å². The first-order chi connectivity index (χ1) is 19.2. The minimum Gasteiger partial charge on any atom is -0.505 e. The SMILES string of the molecule is O=C1N=C(N2C[C@@H](O)C[C@@H]2C(=O)O)SC1=Cc1cccc(-c2cc(F)c(O)c(C34CC5CC(CC(C5)C3)C4)c2)c1. The Morgan fingerprint density at radius 2 is 1.75 bits per heavy atom. The average Bonchev–Trinajstić information content (AvgIpc) is 3.47. The Kier molecular flexibility index (Phi) is 6.09. The topological polar surface area (TPSA) is 110 Å². The number of amides is 1. The number of carbonyl (C=O) groups is 2. The Morgan fingerprint density at radius 1 is 1.05 bits per heavy atom. The summed E-state index contributed by atoms with van der Waals surface area (Å²) in [7, 11) is 0. The van der Waals surface area contributed by atoms with Crippen molar-refractivity contribution in [3.8, 4) is 16.9 Å². The molecule has 8 rings (SSSR count). The molecule has 2 atom stereocenters. The maximum Gasteiger partial charge on any atom is 0.326 e. The van der Waals surface area contributed by atoms with Crippen LogP contribution in [0.15, 0.2) is 46.3 Å². The molecule has 0 spiro atoms. The highest BCUT2D eigenvalue weighted by Crippen LogP contribution is 2.62. The van der Waals surface area contributed by atoms with Crippen LogP contribution in [0.1, 0.15) is 56.1 Å². The Balaban J connectivity index is 1.17. The smallest absolute Gasteiger partial charge is 0.326 e. The molecule has 0 unspecified atom stereocenters. The summed E-state index contributed by atoms with van der Waals surface area (Å²) in [5, 5.41) is 30.7. The van der Waals surface area contributed by atoms with Crippen molar-refractivity contribution < 1.29 is 29.3 Å². The van der Waals surface area contributed by atoms with Gasteiger partial charge in [-0.25, -0.2) is 9.18 Å². The molecule has 208 valence electrons. The lowest BCUT2D eigenvalue weighted by atomic mass is 9.48. The lowest BCUT2D eigenvalue weighted by molar-refractivity contribution is -0.141. The number of halogens is 1. The van der Waals surface area contributed by atoms with E-state index in [0.29, 0.717) is 28.2 Å². The predicted octanol–water partition coefficient (Wildman–Crippen LogP) is 5.16. The van der Waals surface area contributed by atoms with Crippen LogP contribution >= 0.6 is 11.8 Å². The lowest BCUT2D eigenvalue weighted by Crippen LogP contribution is -2.48. The lowest BCUT2D eigenvalue weighted by Gasteiger charge is -2.57. The molecule has 9 heteroatoms. The first-order valence-corrected chi connectivity index (χ1v) is 14.8. The third kappa shape index (κ3) is 4.34. The number of β-amino-alcohol motifs (C(OH)–C–C–N with tert-alkyl or cyclic N) is 1. The number of hydrogen-bond donors (Lipinski definition) is 3. The third-order valence-corrected chi connectivity index (χ3v) is 10.6. The van der Waals surface area contributed by atoms with Crippen molar-refractivity contribution in [2.75, 3.05) is 6.54 Å². The molecule has 6 aliphatic rings. The standard InChI is InChI=1S/C31H31FN2O5S/c32-24-10-21(9-23(27(24)36)31-12-17-4-18(13-31)6-19(5-17)14-31)20-3-1-2-16(7-20)8-26-28(37)33-30(40-26)34-15-22(35)11-25(34)29(38)39/h1-3,7-10,17-19,22,25,35-36H,4-6,11-15H2,(H,38,39)/t17?,18?,19?,22-,25+,31?/m0/s1. The van der Waals surface area contributed by atoms with Crippen LogP contribution in [-0.4, -0.2) is 56.0 Å². The van der Waals surface area contributed by atoms with Gasteiger partial charge in [0.1, 0.15) is 6.04 Å². The third-order valence-electron chi connectivity index (χ3n) is 9.61. The van der Waals surface area contributed by atoms with Gasteiger partial charge in [-0.05, 0) is 114 Å². The predicted molar refractivity (Wildman–Crippen MR) is 150 cm³/mol. The van der Waals surface area contributed by atoms with Crippen molar-refractivity contribution in [2.45, 2.75) is 62.5 Å². The van der Waals surface area contributed by atoms with E-state index in [9.17, 15) is 24.9 Å². The van der Waals surface area contributed by atoms with Gasteiger partial charge in [0, 0.05) is 18.5 Å². The van der Waals surface area contributed by atoms with Gasteiger partial charge in [0.05, 0.1) is 11.0 Å². The summed E-state index contributed by atoms with van der Waals surface area (Å²) in [5.41, 5.74) is 2.78. The molecule has 5 fully saturated rings. The number of aliphatic imine (C=N–C) groups is 1. The van der Waals surface area contributed by atoms with Crippen molar-refractivity contribution in [3.05, 3.63) is 58.2 Å². The first kappa shape index (κ1) is 25.8. The Bertz CT molecular complexity index is 1450. The molecule has 7 nitrogen and oxygen atoms in total. The molecule has 0 radical (unpaired) electrons. The van der Waals surface area contributed by atoms with Crippen molar-refractivity contribution >= 4 is 34.9 Å². The molecular formula is C31H31FN2O5S. The zero-order chi connectivity index (χ0) is 27.8. The molecule has 1 amide bonds. The highest BCUT2D eigenvalue weighted by Gasteiger charge is 2.52. The van der Waals surface area contributed by atoms with Crippen molar-refractivity contribution in [3.63, 3.8) is 0 Å². The number of phenols is 1. The van der Waals surface area contributed by atoms with Gasteiger partial charge in [-0.1, -0.05) is 18.2 Å². The number of phenolic OH excluding ortho intramolecular Hbond substituents is 1. The van der Waals surface area contributed by atoms with E-state index >= 15 is 4.39 Å². The fraction of sp³-hybridized carbons (Fsp3) is 0.452. The summed E-state index contributed by atoms with van der Waals surface area (Å²) < 4.78 is 15.2. The van der Waals surface area contributed by atoms with Gasteiger partial charge < -0.3 is 20.2 Å². The van der Waals surface area contributed by atoms with E-state index in [0.717, 1.165) is 47.7 Å². The van der Waals surface area contributed by atoms with E-state index in [4.69, 9.17) is 0 Å². The fourth-order valence-corrected chi connectivity index (χ4v) is 9.32. The van der Waals surface area contributed by atoms with Crippen LogP contribution in [0.2, 0.25) is 0 Å². The average molecular weight is 563 g/mol. The van der Waals surface area contributed by atoms with E-state index < -0.39 is 29.8 Å². The first-order valence-electron chi connectivity index (χ1n) is 14.0. The second kappa shape index (κ2) is 9.45. The Hall–Kier alpha value is -3.17. The number of hydrogen-bond acceptors (Lipinski definition) is 6. The summed E-state index contributed by atoms with van der Waals surface area (Å²) in [5.74, 6) is -0.357. The zero-order valence-electron chi connectivity index (χ0n) is 21.9. The van der Waals surface area contributed by atoms with E-state index in [-0.39, 0.29) is 29.3 Å². The van der Waals surface area contributed by atoms with E-state index in [1.807, 2.05) is 30.3 Å². The molecule has 4 bridgehead atoms. The molecule has 3 N–H and O–H groups in total. The minimum absolute atomic E-state index is 0.0820. The molecule has 4 aliphatic carbocycles. The number of aliphatic hydroxyl groups is 1. The Morgan fingerprint density at radius 3 is 2.42 bits per heavy atom. The van der Waals surface area contributed by atoms with Crippen LogP contribution in [0.5, 0.6) is 5.75 Å². The monoisotopic (exact) mass is 562 g/mol. The molecular weight excluding hydrogens is 531 g/mol.